The number of rotatable bonds is 5. The number of hydrogen-bond acceptors (Lipinski definition) is 3. The van der Waals surface area contributed by atoms with Crippen molar-refractivity contribution in [2.75, 3.05) is 6.61 Å². The molecule has 1 aromatic carbocycles. The van der Waals surface area contributed by atoms with Gasteiger partial charge in [-0.3, -0.25) is 9.36 Å². The van der Waals surface area contributed by atoms with Crippen molar-refractivity contribution < 1.29 is 9.53 Å². The van der Waals surface area contributed by atoms with Crippen LogP contribution in [0.15, 0.2) is 36.9 Å². The first-order valence-electron chi connectivity index (χ1n) is 6.38. The fourth-order valence-corrected chi connectivity index (χ4v) is 1.80. The molecule has 4 heteroatoms. The van der Waals surface area contributed by atoms with E-state index in [2.05, 4.69) is 11.1 Å². The molecule has 0 aliphatic rings. The second-order valence-electron chi connectivity index (χ2n) is 4.58. The van der Waals surface area contributed by atoms with Crippen molar-refractivity contribution in [2.24, 2.45) is 0 Å². The third-order valence-corrected chi connectivity index (χ3v) is 2.93. The van der Waals surface area contributed by atoms with Crippen molar-refractivity contribution in [3.05, 3.63) is 48.0 Å². The number of carbonyl (C=O) groups is 1. The first-order valence-corrected chi connectivity index (χ1v) is 6.38. The molecule has 0 amide bonds. The SMILES string of the molecule is Cc1ccc(C)c(OCCCC(=O)n2ccnc2)c1. The molecule has 0 bridgehead atoms. The molecule has 100 valence electrons. The summed E-state index contributed by atoms with van der Waals surface area (Å²) < 4.78 is 7.21. The Morgan fingerprint density at radius 3 is 2.95 bits per heavy atom. The molecule has 2 rings (SSSR count). The van der Waals surface area contributed by atoms with Gasteiger partial charge in [0.2, 0.25) is 5.91 Å². The lowest BCUT2D eigenvalue weighted by atomic mass is 10.1. The average Bonchev–Trinajstić information content (AvgIpc) is 2.92. The number of aryl methyl sites for hydroxylation is 2. The van der Waals surface area contributed by atoms with Gasteiger partial charge in [-0.05, 0) is 37.5 Å². The van der Waals surface area contributed by atoms with E-state index in [9.17, 15) is 4.79 Å². The maximum Gasteiger partial charge on any atom is 0.231 e. The highest BCUT2D eigenvalue weighted by Crippen LogP contribution is 2.19. The summed E-state index contributed by atoms with van der Waals surface area (Å²) in [4.78, 5) is 15.6. The van der Waals surface area contributed by atoms with Gasteiger partial charge in [-0.1, -0.05) is 12.1 Å². The van der Waals surface area contributed by atoms with Crippen LogP contribution in [0.3, 0.4) is 0 Å². The van der Waals surface area contributed by atoms with Crippen LogP contribution in [-0.2, 0) is 0 Å². The van der Waals surface area contributed by atoms with Gasteiger partial charge in [0.05, 0.1) is 6.61 Å². The van der Waals surface area contributed by atoms with Crippen LogP contribution < -0.4 is 4.74 Å². The summed E-state index contributed by atoms with van der Waals surface area (Å²) in [6, 6.07) is 6.12. The first kappa shape index (κ1) is 13.3. The molecule has 0 saturated carbocycles. The summed E-state index contributed by atoms with van der Waals surface area (Å²) in [6.07, 6.45) is 5.94. The van der Waals surface area contributed by atoms with E-state index in [0.29, 0.717) is 19.4 Å². The van der Waals surface area contributed by atoms with E-state index in [-0.39, 0.29) is 5.91 Å². The van der Waals surface area contributed by atoms with Gasteiger partial charge in [-0.2, -0.15) is 0 Å². The molecule has 0 unspecified atom stereocenters. The van der Waals surface area contributed by atoms with Gasteiger partial charge in [-0.15, -0.1) is 0 Å². The Morgan fingerprint density at radius 2 is 2.21 bits per heavy atom. The predicted octanol–water partition coefficient (Wildman–Crippen LogP) is 3.00. The maximum atomic E-state index is 11.7. The Balaban J connectivity index is 1.78. The molecular formula is C15H18N2O2. The van der Waals surface area contributed by atoms with Crippen LogP contribution in [-0.4, -0.2) is 22.1 Å². The van der Waals surface area contributed by atoms with E-state index in [0.717, 1.165) is 11.3 Å². The van der Waals surface area contributed by atoms with E-state index in [1.807, 2.05) is 26.0 Å². The Hall–Kier alpha value is -2.10. The van der Waals surface area contributed by atoms with Gasteiger partial charge in [0.1, 0.15) is 12.1 Å². The van der Waals surface area contributed by atoms with Crippen molar-refractivity contribution in [1.82, 2.24) is 9.55 Å². The molecule has 4 nitrogen and oxygen atoms in total. The summed E-state index contributed by atoms with van der Waals surface area (Å²) in [6.45, 7) is 4.60. The van der Waals surface area contributed by atoms with Crippen LogP contribution >= 0.6 is 0 Å². The van der Waals surface area contributed by atoms with Crippen molar-refractivity contribution in [3.8, 4) is 5.75 Å². The molecule has 0 N–H and O–H groups in total. The molecule has 1 heterocycles. The normalized spacial score (nSPS) is 10.4. The topological polar surface area (TPSA) is 44.1 Å². The Kier molecular flexibility index (Phi) is 4.34. The van der Waals surface area contributed by atoms with E-state index in [1.165, 1.54) is 16.5 Å². The second-order valence-corrected chi connectivity index (χ2v) is 4.58. The maximum absolute atomic E-state index is 11.7. The lowest BCUT2D eigenvalue weighted by Crippen LogP contribution is -2.10. The van der Waals surface area contributed by atoms with Gasteiger partial charge < -0.3 is 4.74 Å². The van der Waals surface area contributed by atoms with Gasteiger partial charge in [-0.25, -0.2) is 4.98 Å². The third-order valence-electron chi connectivity index (χ3n) is 2.93. The quantitative estimate of drug-likeness (QED) is 0.774. The van der Waals surface area contributed by atoms with E-state index >= 15 is 0 Å². The summed E-state index contributed by atoms with van der Waals surface area (Å²) in [5.74, 6) is 0.942. The van der Waals surface area contributed by atoms with E-state index < -0.39 is 0 Å². The largest absolute Gasteiger partial charge is 0.493 e. The van der Waals surface area contributed by atoms with Crippen molar-refractivity contribution in [2.45, 2.75) is 26.7 Å². The molecule has 1 aromatic heterocycles. The highest BCUT2D eigenvalue weighted by molar-refractivity contribution is 5.78. The van der Waals surface area contributed by atoms with Crippen LogP contribution in [0.25, 0.3) is 0 Å². The second kappa shape index (κ2) is 6.18. The number of ether oxygens (including phenoxy) is 1. The zero-order valence-electron chi connectivity index (χ0n) is 11.3. The zero-order chi connectivity index (χ0) is 13.7. The predicted molar refractivity (Wildman–Crippen MR) is 73.5 cm³/mol. The Morgan fingerprint density at radius 1 is 1.37 bits per heavy atom. The highest BCUT2D eigenvalue weighted by Gasteiger charge is 2.04. The highest BCUT2D eigenvalue weighted by atomic mass is 16.5. The Labute approximate surface area is 113 Å². The average molecular weight is 258 g/mol. The van der Waals surface area contributed by atoms with Crippen LogP contribution in [0, 0.1) is 13.8 Å². The number of imidazole rings is 1. The molecule has 0 atom stereocenters. The van der Waals surface area contributed by atoms with Gasteiger partial charge in [0.25, 0.3) is 0 Å². The number of carbonyl (C=O) groups excluding carboxylic acids is 1. The van der Waals surface area contributed by atoms with Crippen LogP contribution in [0.1, 0.15) is 28.8 Å². The number of aromatic nitrogens is 2. The summed E-state index contributed by atoms with van der Waals surface area (Å²) >= 11 is 0. The monoisotopic (exact) mass is 258 g/mol. The minimum Gasteiger partial charge on any atom is -0.493 e. The van der Waals surface area contributed by atoms with Gasteiger partial charge in [0, 0.05) is 18.8 Å². The summed E-state index contributed by atoms with van der Waals surface area (Å²) in [7, 11) is 0. The third kappa shape index (κ3) is 3.68. The van der Waals surface area contributed by atoms with Crippen molar-refractivity contribution in [1.29, 1.82) is 0 Å². The smallest absolute Gasteiger partial charge is 0.231 e. The Bertz CT molecular complexity index is 547. The minimum absolute atomic E-state index is 0.0436. The minimum atomic E-state index is 0.0436. The molecule has 0 aliphatic heterocycles. The van der Waals surface area contributed by atoms with Gasteiger partial charge in [0.15, 0.2) is 0 Å². The van der Waals surface area contributed by atoms with Crippen LogP contribution in [0.5, 0.6) is 5.75 Å². The molecular weight excluding hydrogens is 240 g/mol. The lowest BCUT2D eigenvalue weighted by Gasteiger charge is -2.09. The molecule has 19 heavy (non-hydrogen) atoms. The van der Waals surface area contributed by atoms with E-state index in [4.69, 9.17) is 4.74 Å². The van der Waals surface area contributed by atoms with Crippen molar-refractivity contribution >= 4 is 5.91 Å². The van der Waals surface area contributed by atoms with Crippen LogP contribution in [0.4, 0.5) is 0 Å². The molecule has 0 saturated heterocycles. The molecule has 0 aliphatic carbocycles. The molecule has 0 radical (unpaired) electrons. The van der Waals surface area contributed by atoms with Gasteiger partial charge >= 0.3 is 0 Å². The summed E-state index contributed by atoms with van der Waals surface area (Å²) in [5.41, 5.74) is 2.29. The zero-order valence-corrected chi connectivity index (χ0v) is 11.3. The van der Waals surface area contributed by atoms with E-state index in [1.54, 1.807) is 12.4 Å². The van der Waals surface area contributed by atoms with Crippen molar-refractivity contribution in [3.63, 3.8) is 0 Å². The number of hydrogen-bond donors (Lipinski definition) is 0. The van der Waals surface area contributed by atoms with Crippen LogP contribution in [0.2, 0.25) is 0 Å². The number of benzene rings is 1. The fourth-order valence-electron chi connectivity index (χ4n) is 1.80. The first-order chi connectivity index (χ1) is 9.16. The fraction of sp³-hybridized carbons (Fsp3) is 0.333. The molecule has 2 aromatic rings. The number of nitrogens with zero attached hydrogens (tertiary/aromatic N) is 2. The molecule has 0 spiro atoms. The molecule has 0 fully saturated rings. The lowest BCUT2D eigenvalue weighted by molar-refractivity contribution is 0.0893. The summed E-state index contributed by atoms with van der Waals surface area (Å²) in [5, 5.41) is 0. The standard InChI is InChI=1S/C15H18N2O2/c1-12-5-6-13(2)14(10-12)19-9-3-4-15(18)17-8-7-16-11-17/h5-8,10-11H,3-4,9H2,1-2H3.